The van der Waals surface area contributed by atoms with E-state index in [9.17, 15) is 18.0 Å². The number of nitrogens with zero attached hydrogens (tertiary/aromatic N) is 1. The summed E-state index contributed by atoms with van der Waals surface area (Å²) in [6.45, 7) is 1.80. The van der Waals surface area contributed by atoms with Crippen LogP contribution in [0.4, 0.5) is 5.13 Å². The number of halogens is 1. The van der Waals surface area contributed by atoms with Crippen molar-refractivity contribution < 1.29 is 22.7 Å². The predicted octanol–water partition coefficient (Wildman–Crippen LogP) is 5.67. The number of aryl methyl sites for hydroxylation is 1. The van der Waals surface area contributed by atoms with Crippen LogP contribution in [0.1, 0.15) is 76.3 Å². The Balaban J connectivity index is 1.39. The highest BCUT2D eigenvalue weighted by Crippen LogP contribution is 2.36. The van der Waals surface area contributed by atoms with Crippen LogP contribution in [0.15, 0.2) is 23.1 Å². The summed E-state index contributed by atoms with van der Waals surface area (Å²) < 4.78 is 29.9. The second-order valence-electron chi connectivity index (χ2n) is 10.3. The van der Waals surface area contributed by atoms with Crippen LogP contribution >= 0.6 is 22.9 Å². The molecule has 2 aliphatic rings. The first kappa shape index (κ1) is 29.0. The lowest BCUT2D eigenvalue weighted by Crippen LogP contribution is -2.46. The van der Waals surface area contributed by atoms with Crippen molar-refractivity contribution in [1.82, 2.24) is 10.3 Å². The normalized spacial score (nSPS) is 17.9. The number of carbonyl (C=O) groups is 2. The van der Waals surface area contributed by atoms with Gasteiger partial charge in [0.2, 0.25) is 5.91 Å². The summed E-state index contributed by atoms with van der Waals surface area (Å²) in [5.74, 6) is -0.491. The second-order valence-corrected chi connectivity index (χ2v) is 13.7. The minimum atomic E-state index is -3.49. The molecule has 11 heteroatoms. The van der Waals surface area contributed by atoms with Crippen LogP contribution in [0, 0.1) is 6.92 Å². The van der Waals surface area contributed by atoms with Crippen molar-refractivity contribution in [3.8, 4) is 10.4 Å². The van der Waals surface area contributed by atoms with Gasteiger partial charge in [-0.2, -0.15) is 0 Å². The molecular formula is C27H36ClN3O5S2. The van der Waals surface area contributed by atoms with Crippen LogP contribution in [0.25, 0.3) is 10.4 Å². The van der Waals surface area contributed by atoms with Crippen molar-refractivity contribution in [2.24, 2.45) is 0 Å². The molecule has 2 N–H and O–H groups in total. The van der Waals surface area contributed by atoms with Gasteiger partial charge in [0.1, 0.15) is 12.1 Å². The van der Waals surface area contributed by atoms with Crippen LogP contribution in [-0.4, -0.2) is 49.7 Å². The zero-order valence-corrected chi connectivity index (χ0v) is 24.3. The van der Waals surface area contributed by atoms with E-state index in [1.165, 1.54) is 23.8 Å². The number of rotatable bonds is 10. The van der Waals surface area contributed by atoms with E-state index in [0.717, 1.165) is 62.5 Å². The second kappa shape index (κ2) is 12.9. The van der Waals surface area contributed by atoms with Crippen molar-refractivity contribution in [2.75, 3.05) is 11.6 Å². The SMILES string of the molecule is Cc1nc(NC(=O)CC[C@@H](NC2CCCCC2)C(=O)OC2CCCC2)sc1-c1ccc(Cl)c(S(C)(=O)=O)c1. The van der Waals surface area contributed by atoms with Gasteiger partial charge < -0.3 is 15.4 Å². The van der Waals surface area contributed by atoms with Gasteiger partial charge in [-0.3, -0.25) is 9.59 Å². The summed E-state index contributed by atoms with van der Waals surface area (Å²) in [5, 5.41) is 6.90. The van der Waals surface area contributed by atoms with Crippen LogP contribution < -0.4 is 10.6 Å². The summed E-state index contributed by atoms with van der Waals surface area (Å²) in [7, 11) is -3.49. The molecule has 4 rings (SSSR count). The predicted molar refractivity (Wildman–Crippen MR) is 150 cm³/mol. The molecule has 2 saturated carbocycles. The van der Waals surface area contributed by atoms with Gasteiger partial charge in [0.25, 0.3) is 0 Å². The molecule has 208 valence electrons. The van der Waals surface area contributed by atoms with E-state index in [-0.39, 0.29) is 40.4 Å². The maximum Gasteiger partial charge on any atom is 0.323 e. The van der Waals surface area contributed by atoms with Gasteiger partial charge in [-0.25, -0.2) is 13.4 Å². The van der Waals surface area contributed by atoms with E-state index in [1.807, 2.05) is 0 Å². The highest BCUT2D eigenvalue weighted by atomic mass is 35.5. The summed E-state index contributed by atoms with van der Waals surface area (Å²) in [4.78, 5) is 31.1. The maximum absolute atomic E-state index is 13.0. The number of esters is 1. The third kappa shape index (κ3) is 7.77. The number of thiazole rings is 1. The minimum absolute atomic E-state index is 0.0141. The Morgan fingerprint density at radius 2 is 1.82 bits per heavy atom. The molecule has 2 aromatic rings. The van der Waals surface area contributed by atoms with Crippen LogP contribution in [0.2, 0.25) is 5.02 Å². The number of ether oxygens (including phenoxy) is 1. The summed E-state index contributed by atoms with van der Waals surface area (Å²) in [6.07, 6.45) is 11.2. The molecule has 38 heavy (non-hydrogen) atoms. The minimum Gasteiger partial charge on any atom is -0.461 e. The quantitative estimate of drug-likeness (QED) is 0.347. The third-order valence-corrected chi connectivity index (χ3v) is 9.91. The average Bonchev–Trinajstić information content (AvgIpc) is 3.51. The van der Waals surface area contributed by atoms with E-state index in [0.29, 0.717) is 22.8 Å². The van der Waals surface area contributed by atoms with E-state index >= 15 is 0 Å². The van der Waals surface area contributed by atoms with Crippen molar-refractivity contribution in [1.29, 1.82) is 0 Å². The average molecular weight is 582 g/mol. The van der Waals surface area contributed by atoms with Crippen LogP contribution in [-0.2, 0) is 24.2 Å². The Morgan fingerprint density at radius 1 is 1.13 bits per heavy atom. The molecule has 1 aromatic carbocycles. The molecule has 0 aliphatic heterocycles. The van der Waals surface area contributed by atoms with E-state index in [2.05, 4.69) is 15.6 Å². The fraction of sp³-hybridized carbons (Fsp3) is 0.593. The van der Waals surface area contributed by atoms with Gasteiger partial charge in [-0.05, 0) is 69.6 Å². The molecule has 2 aliphatic carbocycles. The molecule has 0 unspecified atom stereocenters. The van der Waals surface area contributed by atoms with E-state index in [4.69, 9.17) is 16.3 Å². The molecule has 1 heterocycles. The number of carbonyl (C=O) groups excluding carboxylic acids is 2. The number of anilines is 1. The van der Waals surface area contributed by atoms with Gasteiger partial charge in [0.05, 0.1) is 20.5 Å². The van der Waals surface area contributed by atoms with Gasteiger partial charge in [0, 0.05) is 18.7 Å². The standard InChI is InChI=1S/C27H36ClN3O5S2/c1-17-25(18-12-13-21(28)23(16-18)38(2,34)35)37-27(29-17)31-24(32)15-14-22(30-19-8-4-3-5-9-19)26(33)36-20-10-6-7-11-20/h12-13,16,19-20,22,30H,3-11,14-15H2,1-2H3,(H,29,31,32)/t22-/m1/s1. The molecule has 0 bridgehead atoms. The Hall–Kier alpha value is -2.01. The fourth-order valence-electron chi connectivity index (χ4n) is 5.18. The van der Waals surface area contributed by atoms with Gasteiger partial charge >= 0.3 is 5.97 Å². The fourth-order valence-corrected chi connectivity index (χ4v) is 7.46. The van der Waals surface area contributed by atoms with E-state index < -0.39 is 15.9 Å². The van der Waals surface area contributed by atoms with Crippen molar-refractivity contribution >= 4 is 49.8 Å². The number of amides is 1. The lowest BCUT2D eigenvalue weighted by Gasteiger charge is -2.28. The molecular weight excluding hydrogens is 546 g/mol. The number of aromatic nitrogens is 1. The molecule has 1 amide bonds. The Kier molecular flexibility index (Phi) is 9.84. The molecule has 0 spiro atoms. The van der Waals surface area contributed by atoms with Gasteiger partial charge in [-0.15, -0.1) is 0 Å². The number of benzene rings is 1. The summed E-state index contributed by atoms with van der Waals surface area (Å²) >= 11 is 7.36. The number of sulfone groups is 1. The molecule has 1 atom stereocenters. The topological polar surface area (TPSA) is 114 Å². The highest BCUT2D eigenvalue weighted by molar-refractivity contribution is 7.90. The third-order valence-electron chi connectivity index (χ3n) is 7.21. The monoisotopic (exact) mass is 581 g/mol. The van der Waals surface area contributed by atoms with Gasteiger partial charge in [-0.1, -0.05) is 48.3 Å². The Morgan fingerprint density at radius 3 is 2.50 bits per heavy atom. The van der Waals surface area contributed by atoms with Crippen molar-refractivity contribution in [2.45, 2.75) is 101 Å². The zero-order valence-electron chi connectivity index (χ0n) is 21.9. The van der Waals surface area contributed by atoms with E-state index in [1.54, 1.807) is 19.1 Å². The number of nitrogens with one attached hydrogen (secondary N) is 2. The number of hydrogen-bond acceptors (Lipinski definition) is 8. The number of hydrogen-bond donors (Lipinski definition) is 2. The maximum atomic E-state index is 13.0. The summed E-state index contributed by atoms with van der Waals surface area (Å²) in [6, 6.07) is 4.58. The summed E-state index contributed by atoms with van der Waals surface area (Å²) in [5.41, 5.74) is 1.33. The first-order valence-electron chi connectivity index (χ1n) is 13.3. The van der Waals surface area contributed by atoms with Crippen molar-refractivity contribution in [3.05, 3.63) is 28.9 Å². The van der Waals surface area contributed by atoms with Gasteiger partial charge in [0.15, 0.2) is 15.0 Å². The molecule has 1 aromatic heterocycles. The van der Waals surface area contributed by atoms with Crippen molar-refractivity contribution in [3.63, 3.8) is 0 Å². The molecule has 2 fully saturated rings. The van der Waals surface area contributed by atoms with Crippen LogP contribution in [0.5, 0.6) is 0 Å². The molecule has 0 radical (unpaired) electrons. The highest BCUT2D eigenvalue weighted by Gasteiger charge is 2.29. The zero-order chi connectivity index (χ0) is 27.3. The Bertz CT molecular complexity index is 1250. The smallest absolute Gasteiger partial charge is 0.323 e. The Labute approximate surface area is 233 Å². The molecule has 0 saturated heterocycles. The van der Waals surface area contributed by atoms with Crippen LogP contribution in [0.3, 0.4) is 0 Å². The molecule has 8 nitrogen and oxygen atoms in total. The lowest BCUT2D eigenvalue weighted by atomic mass is 9.94. The largest absolute Gasteiger partial charge is 0.461 e. The first-order chi connectivity index (χ1) is 18.1. The lowest BCUT2D eigenvalue weighted by molar-refractivity contribution is -0.151. The first-order valence-corrected chi connectivity index (χ1v) is 16.4.